The number of hydrogen-bond acceptors (Lipinski definition) is 5. The van der Waals surface area contributed by atoms with Crippen LogP contribution in [0, 0.1) is 6.92 Å². The average molecular weight is 452 g/mol. The average Bonchev–Trinajstić information content (AvgIpc) is 2.71. The highest BCUT2D eigenvalue weighted by Gasteiger charge is 2.53. The second-order valence-corrected chi connectivity index (χ2v) is 11.6. The molecule has 0 saturated heterocycles. The molecule has 0 aromatic heterocycles. The first-order valence-electron chi connectivity index (χ1n) is 11.9. The van der Waals surface area contributed by atoms with Gasteiger partial charge in [-0.05, 0) is 47.4 Å². The van der Waals surface area contributed by atoms with Gasteiger partial charge in [0.2, 0.25) is 0 Å². The Labute approximate surface area is 213 Å². The van der Waals surface area contributed by atoms with Crippen LogP contribution in [0.4, 0.5) is 0 Å². The maximum absolute atomic E-state index is 11.9. The lowest BCUT2D eigenvalue weighted by Crippen LogP contribution is -2.81. The van der Waals surface area contributed by atoms with Crippen LogP contribution in [-0.2, 0) is 5.21 Å². The summed E-state index contributed by atoms with van der Waals surface area (Å²) in [6.07, 6.45) is 0. The summed E-state index contributed by atoms with van der Waals surface area (Å²) < 4.78 is 17.3. The second-order valence-electron chi connectivity index (χ2n) is 11.6. The van der Waals surface area contributed by atoms with E-state index in [1.165, 1.54) is 0 Å². The van der Waals surface area contributed by atoms with E-state index in [1.54, 1.807) is 14.2 Å². The molecule has 0 aliphatic rings. The molecule has 2 rings (SSSR count). The summed E-state index contributed by atoms with van der Waals surface area (Å²) in [5.74, 6) is 2.14. The molecule has 2 aromatic rings. The van der Waals surface area contributed by atoms with Crippen molar-refractivity contribution < 1.29 is 19.3 Å². The second kappa shape index (κ2) is 9.77. The maximum atomic E-state index is 11.9. The fourth-order valence-electron chi connectivity index (χ4n) is 4.47. The van der Waals surface area contributed by atoms with Crippen molar-refractivity contribution in [3.8, 4) is 17.2 Å². The standard InChI is InChI=1S/C20H36B9NO4/c1-11-5-4-6-13(9-11)34-20(28,29)17(23,31)19(26,27)30-18(24,25)16(21,22)12-7-8-14(32-2)15(10-12)33-3/h4-10,30-31H,21-29H2,1-3H3. The molecule has 172 valence electrons. The van der Waals surface area contributed by atoms with Crippen LogP contribution in [0.25, 0.3) is 0 Å². The minimum atomic E-state index is -1.23. The minimum Gasteiger partial charge on any atom is -0.503 e. The third-order valence-electron chi connectivity index (χ3n) is 8.04. The molecule has 1 unspecified atom stereocenters. The molecule has 0 spiro atoms. The Morgan fingerprint density at radius 1 is 0.765 bits per heavy atom. The maximum Gasteiger partial charge on any atom is 0.160 e. The highest BCUT2D eigenvalue weighted by molar-refractivity contribution is 6.56. The van der Waals surface area contributed by atoms with Crippen molar-refractivity contribution in [2.24, 2.45) is 0 Å². The van der Waals surface area contributed by atoms with Crippen LogP contribution in [0.5, 0.6) is 17.2 Å². The Balaban J connectivity index is 2.37. The molecule has 0 heterocycles. The van der Waals surface area contributed by atoms with E-state index in [9.17, 15) is 5.11 Å². The number of aryl methyl sites for hydroxylation is 1. The number of hydrogen-bond donors (Lipinski definition) is 2. The van der Waals surface area contributed by atoms with Crippen molar-refractivity contribution in [2.45, 2.75) is 33.7 Å². The van der Waals surface area contributed by atoms with Crippen molar-refractivity contribution in [1.29, 1.82) is 0 Å². The molecular weight excluding hydrogens is 416 g/mol. The number of aliphatic hydroxyl groups is 1. The smallest absolute Gasteiger partial charge is 0.160 e. The number of ether oxygens (including phenoxy) is 3. The van der Waals surface area contributed by atoms with Gasteiger partial charge in [0.1, 0.15) is 76.4 Å². The van der Waals surface area contributed by atoms with Crippen molar-refractivity contribution in [3.63, 3.8) is 0 Å². The zero-order valence-electron chi connectivity index (χ0n) is 23.2. The lowest BCUT2D eigenvalue weighted by molar-refractivity contribution is -0.00235. The summed E-state index contributed by atoms with van der Waals surface area (Å²) >= 11 is 0. The number of nitrogens with one attached hydrogen (secondary N) is 1. The Kier molecular flexibility index (Phi) is 8.21. The monoisotopic (exact) mass is 453 g/mol. The van der Waals surface area contributed by atoms with Gasteiger partial charge in [0.15, 0.2) is 11.5 Å². The highest BCUT2D eigenvalue weighted by Crippen LogP contribution is 2.36. The van der Waals surface area contributed by atoms with Gasteiger partial charge in [0.25, 0.3) is 0 Å². The summed E-state index contributed by atoms with van der Waals surface area (Å²) in [5, 5.41) is 13.4. The van der Waals surface area contributed by atoms with Crippen LogP contribution in [0.3, 0.4) is 0 Å². The topological polar surface area (TPSA) is 60.0 Å². The van der Waals surface area contributed by atoms with Gasteiger partial charge in [-0.2, -0.15) is 0 Å². The Morgan fingerprint density at radius 2 is 1.35 bits per heavy atom. The molecule has 0 saturated carbocycles. The van der Waals surface area contributed by atoms with Gasteiger partial charge in [-0.1, -0.05) is 29.0 Å². The largest absolute Gasteiger partial charge is 0.503 e. The highest BCUT2D eigenvalue weighted by atomic mass is 16.5. The summed E-state index contributed by atoms with van der Waals surface area (Å²) in [6.45, 7) is 2.03. The Bertz CT molecular complexity index is 1020. The predicted molar refractivity (Wildman–Crippen MR) is 166 cm³/mol. The summed E-state index contributed by atoms with van der Waals surface area (Å²) in [4.78, 5) is 0. The van der Waals surface area contributed by atoms with Crippen molar-refractivity contribution in [3.05, 3.63) is 53.6 Å². The molecule has 2 N–H and O–H groups in total. The number of methoxy groups -OCH3 is 2. The van der Waals surface area contributed by atoms with Crippen LogP contribution in [0.15, 0.2) is 42.5 Å². The quantitative estimate of drug-likeness (QED) is 0.352. The lowest BCUT2D eigenvalue weighted by atomic mass is 9.29. The summed E-state index contributed by atoms with van der Waals surface area (Å²) in [6, 6.07) is 13.9. The number of rotatable bonds is 10. The van der Waals surface area contributed by atoms with Crippen molar-refractivity contribution >= 4 is 70.6 Å². The molecule has 14 heteroatoms. The first-order valence-corrected chi connectivity index (χ1v) is 11.9. The van der Waals surface area contributed by atoms with E-state index >= 15 is 0 Å². The molecule has 0 aliphatic carbocycles. The molecule has 1 atom stereocenters. The Morgan fingerprint density at radius 3 is 1.88 bits per heavy atom. The molecule has 0 radical (unpaired) electrons. The third-order valence-corrected chi connectivity index (χ3v) is 8.04. The van der Waals surface area contributed by atoms with Gasteiger partial charge in [-0.15, -0.1) is 0 Å². The minimum absolute atomic E-state index is 0.318. The molecule has 0 amide bonds. The van der Waals surface area contributed by atoms with E-state index < -0.39 is 21.6 Å². The van der Waals surface area contributed by atoms with E-state index in [4.69, 9.17) is 14.2 Å². The van der Waals surface area contributed by atoms with E-state index in [1.807, 2.05) is 82.6 Å². The summed E-state index contributed by atoms with van der Waals surface area (Å²) in [5.41, 5.74) is 0.991. The van der Waals surface area contributed by atoms with Crippen LogP contribution in [0.1, 0.15) is 11.1 Å². The zero-order valence-corrected chi connectivity index (χ0v) is 23.2. The molecule has 0 fully saturated rings. The van der Waals surface area contributed by atoms with Crippen LogP contribution in [0.2, 0.25) is 0 Å². The van der Waals surface area contributed by atoms with Crippen LogP contribution < -0.4 is 19.5 Å². The van der Waals surface area contributed by atoms with Crippen LogP contribution >= 0.6 is 0 Å². The first kappa shape index (κ1) is 28.6. The fourth-order valence-corrected chi connectivity index (χ4v) is 4.47. The van der Waals surface area contributed by atoms with Gasteiger partial charge in [0, 0.05) is 0 Å². The SMILES string of the molecule is BC(B)(NC(B)(B)C(B)(O)C(B)(B)Oc1cccc(C)c1)C(B)(B)c1ccc(OC)c(OC)c1. The van der Waals surface area contributed by atoms with Gasteiger partial charge in [0.05, 0.1) is 25.1 Å². The van der Waals surface area contributed by atoms with E-state index in [0.29, 0.717) is 11.5 Å². The molecule has 0 bridgehead atoms. The van der Waals surface area contributed by atoms with Gasteiger partial charge in [-0.3, -0.25) is 0 Å². The van der Waals surface area contributed by atoms with Gasteiger partial charge < -0.3 is 24.6 Å². The van der Waals surface area contributed by atoms with Gasteiger partial charge >= 0.3 is 0 Å². The lowest BCUT2D eigenvalue weighted by Gasteiger charge is -2.57. The number of benzene rings is 2. The molecule has 2 aromatic carbocycles. The van der Waals surface area contributed by atoms with Gasteiger partial charge in [-0.25, -0.2) is 0 Å². The first-order chi connectivity index (χ1) is 15.4. The van der Waals surface area contributed by atoms with E-state index in [2.05, 4.69) is 42.8 Å². The normalized spacial score (nSPS) is 14.7. The predicted octanol–water partition coefficient (Wildman–Crippen LogP) is -6.82. The van der Waals surface area contributed by atoms with Crippen molar-refractivity contribution in [2.75, 3.05) is 14.2 Å². The summed E-state index contributed by atoms with van der Waals surface area (Å²) in [7, 11) is 21.8. The zero-order chi connectivity index (χ0) is 26.2. The molecule has 5 nitrogen and oxygen atoms in total. The molecular formula is C20H36B9NO4. The Hall–Kier alpha value is -1.66. The molecule has 0 aliphatic heterocycles. The molecule has 34 heavy (non-hydrogen) atoms. The van der Waals surface area contributed by atoms with Crippen molar-refractivity contribution in [1.82, 2.24) is 5.32 Å². The van der Waals surface area contributed by atoms with Crippen LogP contribution in [-0.4, -0.2) is 112 Å². The fraction of sp³-hybridized carbons (Fsp3) is 0.400. The van der Waals surface area contributed by atoms with E-state index in [0.717, 1.165) is 16.9 Å². The van der Waals surface area contributed by atoms with E-state index in [-0.39, 0.29) is 5.21 Å². The third kappa shape index (κ3) is 5.43.